The van der Waals surface area contributed by atoms with E-state index in [0.717, 1.165) is 36.2 Å². The molecule has 0 spiro atoms. The molecule has 3 rings (SSSR count). The number of aromatic nitrogens is 1. The summed E-state index contributed by atoms with van der Waals surface area (Å²) in [6, 6.07) is 9.05. The molecular weight excluding hydrogens is 295 g/mol. The molecular formula is C15H14Cl2N2O. The van der Waals surface area contributed by atoms with E-state index >= 15 is 0 Å². The number of hydrogen-bond acceptors (Lipinski definition) is 2. The molecule has 0 bridgehead atoms. The SMILES string of the molecule is O=c1ccc2c([nH]1)CCCC2Nc1ccc(Cl)cc1Cl. The van der Waals surface area contributed by atoms with Gasteiger partial charge in [-0.2, -0.15) is 0 Å². The zero-order valence-electron chi connectivity index (χ0n) is 10.7. The second-order valence-electron chi connectivity index (χ2n) is 4.97. The molecule has 1 aliphatic carbocycles. The van der Waals surface area contributed by atoms with Gasteiger partial charge in [-0.05, 0) is 49.1 Å². The van der Waals surface area contributed by atoms with Crippen LogP contribution in [0.2, 0.25) is 10.0 Å². The van der Waals surface area contributed by atoms with Gasteiger partial charge in [-0.15, -0.1) is 0 Å². The van der Waals surface area contributed by atoms with Crippen molar-refractivity contribution in [2.24, 2.45) is 0 Å². The Labute approximate surface area is 126 Å². The number of anilines is 1. The van der Waals surface area contributed by atoms with Gasteiger partial charge < -0.3 is 10.3 Å². The standard InChI is InChI=1S/C15H14Cl2N2O/c16-9-4-6-14(11(17)8-9)18-12-2-1-3-13-10(12)5-7-15(20)19-13/h4-8,12,18H,1-3H2,(H,19,20). The minimum Gasteiger partial charge on any atom is -0.377 e. The van der Waals surface area contributed by atoms with Crippen molar-refractivity contribution in [2.45, 2.75) is 25.3 Å². The van der Waals surface area contributed by atoms with Gasteiger partial charge in [-0.1, -0.05) is 23.2 Å². The quantitative estimate of drug-likeness (QED) is 0.874. The molecule has 104 valence electrons. The first-order chi connectivity index (χ1) is 9.63. The van der Waals surface area contributed by atoms with Gasteiger partial charge >= 0.3 is 0 Å². The number of halogens is 2. The molecule has 5 heteroatoms. The molecule has 1 aromatic heterocycles. The van der Waals surface area contributed by atoms with Crippen molar-refractivity contribution in [3.05, 3.63) is 62.0 Å². The Morgan fingerprint density at radius 1 is 1.20 bits per heavy atom. The molecule has 1 atom stereocenters. The van der Waals surface area contributed by atoms with Crippen LogP contribution in [-0.2, 0) is 6.42 Å². The minimum absolute atomic E-state index is 0.0473. The fourth-order valence-electron chi connectivity index (χ4n) is 2.64. The predicted octanol–water partition coefficient (Wildman–Crippen LogP) is 4.17. The molecule has 2 aromatic rings. The number of aryl methyl sites for hydroxylation is 1. The highest BCUT2D eigenvalue weighted by molar-refractivity contribution is 6.36. The third-order valence-electron chi connectivity index (χ3n) is 3.59. The van der Waals surface area contributed by atoms with Crippen LogP contribution in [0.3, 0.4) is 0 Å². The van der Waals surface area contributed by atoms with Gasteiger partial charge in [-0.25, -0.2) is 0 Å². The summed E-state index contributed by atoms with van der Waals surface area (Å²) in [7, 11) is 0. The number of nitrogens with one attached hydrogen (secondary N) is 2. The molecule has 0 saturated heterocycles. The number of pyridine rings is 1. The third-order valence-corrected chi connectivity index (χ3v) is 4.14. The first kappa shape index (κ1) is 13.5. The van der Waals surface area contributed by atoms with Crippen molar-refractivity contribution >= 4 is 28.9 Å². The minimum atomic E-state index is -0.0473. The van der Waals surface area contributed by atoms with Gasteiger partial charge in [0.05, 0.1) is 16.8 Å². The fourth-order valence-corrected chi connectivity index (χ4v) is 3.11. The lowest BCUT2D eigenvalue weighted by molar-refractivity contribution is 0.587. The Kier molecular flexibility index (Phi) is 3.72. The molecule has 0 amide bonds. The first-order valence-electron chi connectivity index (χ1n) is 6.57. The molecule has 20 heavy (non-hydrogen) atoms. The number of aromatic amines is 1. The topological polar surface area (TPSA) is 44.9 Å². The van der Waals surface area contributed by atoms with E-state index < -0.39 is 0 Å². The smallest absolute Gasteiger partial charge is 0.248 e. The normalized spacial score (nSPS) is 17.6. The molecule has 0 saturated carbocycles. The second-order valence-corrected chi connectivity index (χ2v) is 5.81. The molecule has 1 aromatic carbocycles. The number of rotatable bonds is 2. The maximum Gasteiger partial charge on any atom is 0.248 e. The van der Waals surface area contributed by atoms with Crippen LogP contribution in [0.5, 0.6) is 0 Å². The van der Waals surface area contributed by atoms with Crippen LogP contribution in [0.4, 0.5) is 5.69 Å². The van der Waals surface area contributed by atoms with Crippen molar-refractivity contribution < 1.29 is 0 Å². The van der Waals surface area contributed by atoms with Crippen molar-refractivity contribution in [3.8, 4) is 0 Å². The molecule has 1 unspecified atom stereocenters. The summed E-state index contributed by atoms with van der Waals surface area (Å²) < 4.78 is 0. The highest BCUT2D eigenvalue weighted by Crippen LogP contribution is 2.34. The predicted molar refractivity (Wildman–Crippen MR) is 82.8 cm³/mol. The summed E-state index contributed by atoms with van der Waals surface area (Å²) in [6.45, 7) is 0. The Hall–Kier alpha value is -1.45. The lowest BCUT2D eigenvalue weighted by Crippen LogP contribution is -2.21. The van der Waals surface area contributed by atoms with E-state index in [4.69, 9.17) is 23.2 Å². The maximum absolute atomic E-state index is 11.4. The third kappa shape index (κ3) is 2.69. The van der Waals surface area contributed by atoms with Crippen LogP contribution >= 0.6 is 23.2 Å². The Balaban J connectivity index is 1.91. The molecule has 1 aliphatic rings. The summed E-state index contributed by atoms with van der Waals surface area (Å²) in [5.41, 5.74) is 2.97. The summed E-state index contributed by atoms with van der Waals surface area (Å²) >= 11 is 12.1. The Morgan fingerprint density at radius 2 is 2.05 bits per heavy atom. The van der Waals surface area contributed by atoms with E-state index in [0.29, 0.717) is 10.0 Å². The summed E-state index contributed by atoms with van der Waals surface area (Å²) in [5.74, 6) is 0. The van der Waals surface area contributed by atoms with E-state index in [-0.39, 0.29) is 11.6 Å². The second kappa shape index (κ2) is 5.51. The molecule has 0 aliphatic heterocycles. The van der Waals surface area contributed by atoms with Crippen molar-refractivity contribution in [2.75, 3.05) is 5.32 Å². The fraction of sp³-hybridized carbons (Fsp3) is 0.267. The van der Waals surface area contributed by atoms with Crippen LogP contribution in [0.25, 0.3) is 0 Å². The number of H-pyrrole nitrogens is 1. The number of hydrogen-bond donors (Lipinski definition) is 2. The van der Waals surface area contributed by atoms with Crippen LogP contribution in [0.1, 0.15) is 30.1 Å². The molecule has 1 heterocycles. The first-order valence-corrected chi connectivity index (χ1v) is 7.33. The van der Waals surface area contributed by atoms with E-state index in [1.165, 1.54) is 0 Å². The Bertz CT molecular complexity index is 697. The van der Waals surface area contributed by atoms with Gasteiger partial charge in [0.15, 0.2) is 0 Å². The maximum atomic E-state index is 11.4. The van der Waals surface area contributed by atoms with Crippen LogP contribution in [0.15, 0.2) is 35.1 Å². The van der Waals surface area contributed by atoms with Gasteiger partial charge in [0, 0.05) is 16.8 Å². The Morgan fingerprint density at radius 3 is 2.85 bits per heavy atom. The average Bonchev–Trinajstić information content (AvgIpc) is 2.41. The summed E-state index contributed by atoms with van der Waals surface area (Å²) in [4.78, 5) is 14.3. The lowest BCUT2D eigenvalue weighted by atomic mass is 9.91. The zero-order valence-corrected chi connectivity index (χ0v) is 12.3. The molecule has 2 N–H and O–H groups in total. The van der Waals surface area contributed by atoms with Crippen LogP contribution < -0.4 is 10.9 Å². The van der Waals surface area contributed by atoms with Crippen LogP contribution in [0, 0.1) is 0 Å². The van der Waals surface area contributed by atoms with Gasteiger partial charge in [0.1, 0.15) is 0 Å². The van der Waals surface area contributed by atoms with Gasteiger partial charge in [-0.3, -0.25) is 4.79 Å². The van der Waals surface area contributed by atoms with Crippen LogP contribution in [-0.4, -0.2) is 4.98 Å². The van der Waals surface area contributed by atoms with Crippen molar-refractivity contribution in [3.63, 3.8) is 0 Å². The van der Waals surface area contributed by atoms with Gasteiger partial charge in [0.2, 0.25) is 5.56 Å². The number of benzene rings is 1. The van der Waals surface area contributed by atoms with E-state index in [2.05, 4.69) is 10.3 Å². The zero-order chi connectivity index (χ0) is 14.1. The lowest BCUT2D eigenvalue weighted by Gasteiger charge is -2.27. The molecule has 0 fully saturated rings. The van der Waals surface area contributed by atoms with E-state index in [1.54, 1.807) is 12.1 Å². The highest BCUT2D eigenvalue weighted by Gasteiger charge is 2.21. The largest absolute Gasteiger partial charge is 0.377 e. The number of fused-ring (bicyclic) bond motifs is 1. The van der Waals surface area contributed by atoms with E-state index in [9.17, 15) is 4.79 Å². The molecule has 3 nitrogen and oxygen atoms in total. The van der Waals surface area contributed by atoms with Crippen molar-refractivity contribution in [1.29, 1.82) is 0 Å². The van der Waals surface area contributed by atoms with Gasteiger partial charge in [0.25, 0.3) is 0 Å². The highest BCUT2D eigenvalue weighted by atomic mass is 35.5. The monoisotopic (exact) mass is 308 g/mol. The van der Waals surface area contributed by atoms with Crippen molar-refractivity contribution in [1.82, 2.24) is 4.98 Å². The average molecular weight is 309 g/mol. The van der Waals surface area contributed by atoms with E-state index in [1.807, 2.05) is 18.2 Å². The summed E-state index contributed by atoms with van der Waals surface area (Å²) in [5, 5.41) is 4.66. The molecule has 0 radical (unpaired) electrons. The summed E-state index contributed by atoms with van der Waals surface area (Å²) in [6.07, 6.45) is 2.96.